The van der Waals surface area contributed by atoms with Gasteiger partial charge in [-0.1, -0.05) is 53.7 Å². The fraction of sp³-hybridized carbons (Fsp3) is 0.667. The molecule has 0 bridgehead atoms. The Morgan fingerprint density at radius 3 is 1.65 bits per heavy atom. The molecule has 0 aliphatic heterocycles. The minimum atomic E-state index is -3.66. The number of aliphatic hydroxyl groups excluding tert-OH is 1. The summed E-state index contributed by atoms with van der Waals surface area (Å²) in [5, 5.41) is 9.41. The lowest BCUT2D eigenvalue weighted by Crippen LogP contribution is -2.32. The third kappa shape index (κ3) is 5.03. The summed E-state index contributed by atoms with van der Waals surface area (Å²) >= 11 is 0. The molecule has 0 saturated carbocycles. The normalized spacial score (nSPS) is 14.0. The van der Waals surface area contributed by atoms with Crippen molar-refractivity contribution in [3.05, 3.63) is 28.8 Å². The van der Waals surface area contributed by atoms with Crippen molar-refractivity contribution in [2.75, 3.05) is 6.54 Å². The van der Waals surface area contributed by atoms with Gasteiger partial charge in [-0.3, -0.25) is 0 Å². The Bertz CT molecular complexity index is 603. The zero-order valence-electron chi connectivity index (χ0n) is 15.3. The maximum absolute atomic E-state index is 12.8. The molecule has 0 heterocycles. The molecule has 0 amide bonds. The lowest BCUT2D eigenvalue weighted by atomic mass is 9.89. The molecule has 4 nitrogen and oxygen atoms in total. The fourth-order valence-corrected chi connectivity index (χ4v) is 4.32. The van der Waals surface area contributed by atoms with E-state index in [2.05, 4.69) is 18.6 Å². The summed E-state index contributed by atoms with van der Waals surface area (Å²) in [6.45, 7) is 13.9. The van der Waals surface area contributed by atoms with Crippen molar-refractivity contribution in [2.45, 2.75) is 77.2 Å². The van der Waals surface area contributed by atoms with Crippen LogP contribution >= 0.6 is 0 Å². The fourth-order valence-electron chi connectivity index (χ4n) is 2.50. The number of aliphatic hydroxyl groups is 1. The van der Waals surface area contributed by atoms with Crippen LogP contribution in [0.5, 0.6) is 0 Å². The van der Waals surface area contributed by atoms with Crippen LogP contribution in [0.4, 0.5) is 0 Å². The molecule has 0 unspecified atom stereocenters. The number of sulfonamides is 1. The summed E-state index contributed by atoms with van der Waals surface area (Å²) < 4.78 is 28.2. The molecule has 0 aromatic heterocycles. The highest BCUT2D eigenvalue weighted by Crippen LogP contribution is 2.34. The van der Waals surface area contributed by atoms with E-state index in [4.69, 9.17) is 0 Å². The number of hydrogen-bond donors (Lipinski definition) is 2. The van der Waals surface area contributed by atoms with E-state index in [1.165, 1.54) is 0 Å². The predicted octanol–water partition coefficient (Wildman–Crippen LogP) is 3.72. The van der Waals surface area contributed by atoms with E-state index in [0.29, 0.717) is 10.8 Å². The molecule has 132 valence electrons. The molecule has 5 heteroatoms. The van der Waals surface area contributed by atoms with Gasteiger partial charge < -0.3 is 5.11 Å². The molecular weight excluding hydrogens is 310 g/mol. The summed E-state index contributed by atoms with van der Waals surface area (Å²) in [6, 6.07) is 4.02. The van der Waals surface area contributed by atoms with Gasteiger partial charge in [-0.05, 0) is 41.4 Å². The Labute approximate surface area is 141 Å². The maximum atomic E-state index is 12.8. The molecule has 0 aliphatic rings. The van der Waals surface area contributed by atoms with E-state index in [1.54, 1.807) is 6.92 Å². The quantitative estimate of drug-likeness (QED) is 0.794. The second-order valence-corrected chi connectivity index (χ2v) is 8.90. The maximum Gasteiger partial charge on any atom is 0.241 e. The molecule has 0 aliphatic carbocycles. The Kier molecular flexibility index (Phi) is 6.81. The monoisotopic (exact) mass is 341 g/mol. The number of hydrogen-bond acceptors (Lipinski definition) is 3. The van der Waals surface area contributed by atoms with Crippen LogP contribution in [-0.2, 0) is 10.0 Å². The van der Waals surface area contributed by atoms with Gasteiger partial charge in [0.1, 0.15) is 0 Å². The van der Waals surface area contributed by atoms with Gasteiger partial charge in [0.25, 0.3) is 0 Å². The molecule has 0 fully saturated rings. The van der Waals surface area contributed by atoms with Gasteiger partial charge in [0.2, 0.25) is 10.0 Å². The van der Waals surface area contributed by atoms with Gasteiger partial charge in [0.05, 0.1) is 11.0 Å². The molecule has 0 radical (unpaired) electrons. The minimum Gasteiger partial charge on any atom is -0.392 e. The highest BCUT2D eigenvalue weighted by molar-refractivity contribution is 7.89. The van der Waals surface area contributed by atoms with Crippen LogP contribution in [0.2, 0.25) is 0 Å². The molecular formula is C18H31NO3S. The summed E-state index contributed by atoms with van der Waals surface area (Å²) in [6.07, 6.45) is -0.718. The Balaban J connectivity index is 3.61. The summed E-state index contributed by atoms with van der Waals surface area (Å²) in [7, 11) is -3.66. The van der Waals surface area contributed by atoms with Crippen molar-refractivity contribution >= 4 is 10.0 Å². The average Bonchev–Trinajstić information content (AvgIpc) is 2.43. The Hall–Kier alpha value is -0.910. The van der Waals surface area contributed by atoms with Crippen molar-refractivity contribution in [2.24, 2.45) is 0 Å². The molecule has 1 atom stereocenters. The number of rotatable bonds is 7. The van der Waals surface area contributed by atoms with E-state index >= 15 is 0 Å². The highest BCUT2D eigenvalue weighted by atomic mass is 32.2. The summed E-state index contributed by atoms with van der Waals surface area (Å²) in [5.74, 6) is 0.542. The zero-order chi connectivity index (χ0) is 17.9. The van der Waals surface area contributed by atoms with E-state index in [-0.39, 0.29) is 18.4 Å². The van der Waals surface area contributed by atoms with Crippen LogP contribution in [0.15, 0.2) is 17.0 Å². The standard InChI is InChI=1S/C18H31NO3S/c1-11(2)15-8-16(12(3)4)18(17(9-15)13(5)6)23(21,22)19-10-14(7)20/h8-9,11-14,19-20H,10H2,1-7H3/t14-/m0/s1. The van der Waals surface area contributed by atoms with E-state index in [9.17, 15) is 13.5 Å². The van der Waals surface area contributed by atoms with Gasteiger partial charge in [-0.25, -0.2) is 13.1 Å². The Morgan fingerprint density at radius 1 is 0.913 bits per heavy atom. The van der Waals surface area contributed by atoms with Crippen LogP contribution in [0, 0.1) is 0 Å². The van der Waals surface area contributed by atoms with Crippen molar-refractivity contribution in [1.29, 1.82) is 0 Å². The topological polar surface area (TPSA) is 66.4 Å². The molecule has 0 saturated heterocycles. The number of benzene rings is 1. The average molecular weight is 342 g/mol. The van der Waals surface area contributed by atoms with Gasteiger partial charge in [0, 0.05) is 6.54 Å². The van der Waals surface area contributed by atoms with Crippen LogP contribution in [0.1, 0.15) is 82.9 Å². The van der Waals surface area contributed by atoms with Gasteiger partial charge in [-0.2, -0.15) is 0 Å². The van der Waals surface area contributed by atoms with E-state index < -0.39 is 16.1 Å². The van der Waals surface area contributed by atoms with Crippen LogP contribution in [0.25, 0.3) is 0 Å². The minimum absolute atomic E-state index is 0.0172. The van der Waals surface area contributed by atoms with E-state index in [1.807, 2.05) is 39.8 Å². The smallest absolute Gasteiger partial charge is 0.241 e. The Morgan fingerprint density at radius 2 is 1.35 bits per heavy atom. The molecule has 1 aromatic carbocycles. The molecule has 0 spiro atoms. The van der Waals surface area contributed by atoms with Crippen LogP contribution < -0.4 is 4.72 Å². The first-order valence-corrected chi connectivity index (χ1v) is 9.81. The van der Waals surface area contributed by atoms with Gasteiger partial charge >= 0.3 is 0 Å². The second kappa shape index (κ2) is 7.77. The third-order valence-corrected chi connectivity index (χ3v) is 5.47. The summed E-state index contributed by atoms with van der Waals surface area (Å²) in [5.41, 5.74) is 2.85. The SMILES string of the molecule is CC(C)c1cc(C(C)C)c(S(=O)(=O)NC[C@H](C)O)c(C(C)C)c1. The van der Waals surface area contributed by atoms with Crippen molar-refractivity contribution in [3.8, 4) is 0 Å². The van der Waals surface area contributed by atoms with Crippen molar-refractivity contribution < 1.29 is 13.5 Å². The van der Waals surface area contributed by atoms with Gasteiger partial charge in [-0.15, -0.1) is 0 Å². The number of nitrogens with one attached hydrogen (secondary N) is 1. The van der Waals surface area contributed by atoms with Crippen molar-refractivity contribution in [3.63, 3.8) is 0 Å². The largest absolute Gasteiger partial charge is 0.392 e. The lowest BCUT2D eigenvalue weighted by molar-refractivity contribution is 0.198. The first-order chi connectivity index (χ1) is 10.5. The molecule has 1 aromatic rings. The third-order valence-electron chi connectivity index (χ3n) is 3.92. The molecule has 2 N–H and O–H groups in total. The highest BCUT2D eigenvalue weighted by Gasteiger charge is 2.26. The predicted molar refractivity (Wildman–Crippen MR) is 95.6 cm³/mol. The molecule has 1 rings (SSSR count). The second-order valence-electron chi connectivity index (χ2n) is 7.19. The van der Waals surface area contributed by atoms with Crippen LogP contribution in [-0.4, -0.2) is 26.2 Å². The van der Waals surface area contributed by atoms with E-state index in [0.717, 1.165) is 16.7 Å². The van der Waals surface area contributed by atoms with Crippen LogP contribution in [0.3, 0.4) is 0 Å². The molecule has 23 heavy (non-hydrogen) atoms. The first-order valence-electron chi connectivity index (χ1n) is 8.32. The van der Waals surface area contributed by atoms with Crippen molar-refractivity contribution in [1.82, 2.24) is 4.72 Å². The first kappa shape index (κ1) is 20.1. The van der Waals surface area contributed by atoms with Gasteiger partial charge in [0.15, 0.2) is 0 Å². The zero-order valence-corrected chi connectivity index (χ0v) is 16.2. The summed E-state index contributed by atoms with van der Waals surface area (Å²) in [4.78, 5) is 0.382. The lowest BCUT2D eigenvalue weighted by Gasteiger charge is -2.23.